The highest BCUT2D eigenvalue weighted by atomic mass is 32.1. The fraction of sp³-hybridized carbons (Fsp3) is 0.214. The van der Waals surface area contributed by atoms with Gasteiger partial charge in [-0.15, -0.1) is 11.3 Å². The predicted octanol–water partition coefficient (Wildman–Crippen LogP) is 3.61. The lowest BCUT2D eigenvalue weighted by atomic mass is 10.1. The molecule has 4 heteroatoms. The Balaban J connectivity index is 2.24. The van der Waals surface area contributed by atoms with Gasteiger partial charge in [0, 0.05) is 22.7 Å². The number of anilines is 1. The molecular weight excluding hydrogens is 260 g/mol. The summed E-state index contributed by atoms with van der Waals surface area (Å²) in [4.78, 5) is 1.77. The van der Waals surface area contributed by atoms with Crippen molar-refractivity contribution in [3.05, 3.63) is 51.2 Å². The summed E-state index contributed by atoms with van der Waals surface area (Å²) in [7, 11) is 0. The SMILES string of the molecule is Cc1ccsc1CNc1c(C)cccc1C(N)=S. The van der Waals surface area contributed by atoms with Crippen LogP contribution in [-0.4, -0.2) is 4.99 Å². The Morgan fingerprint density at radius 1 is 1.28 bits per heavy atom. The zero-order chi connectivity index (χ0) is 13.1. The second-order valence-electron chi connectivity index (χ2n) is 4.24. The number of nitrogens with one attached hydrogen (secondary N) is 1. The molecule has 1 heterocycles. The van der Waals surface area contributed by atoms with Gasteiger partial charge in [-0.05, 0) is 42.5 Å². The first kappa shape index (κ1) is 13.1. The highest BCUT2D eigenvalue weighted by Gasteiger charge is 2.08. The van der Waals surface area contributed by atoms with Gasteiger partial charge >= 0.3 is 0 Å². The molecule has 1 aromatic carbocycles. The van der Waals surface area contributed by atoms with E-state index in [9.17, 15) is 0 Å². The van der Waals surface area contributed by atoms with Crippen molar-refractivity contribution in [3.8, 4) is 0 Å². The van der Waals surface area contributed by atoms with E-state index in [2.05, 4.69) is 36.7 Å². The molecular formula is C14H16N2S2. The van der Waals surface area contributed by atoms with E-state index in [4.69, 9.17) is 18.0 Å². The molecule has 0 aliphatic carbocycles. The standard InChI is InChI=1S/C14H16N2S2/c1-9-6-7-18-12(9)8-16-13-10(2)4-3-5-11(13)14(15)17/h3-7,16H,8H2,1-2H3,(H2,15,17). The first-order valence-electron chi connectivity index (χ1n) is 5.76. The maximum Gasteiger partial charge on any atom is 0.106 e. The number of thiophene rings is 1. The van der Waals surface area contributed by atoms with Gasteiger partial charge in [-0.1, -0.05) is 24.4 Å². The molecule has 0 saturated heterocycles. The van der Waals surface area contributed by atoms with Crippen LogP contribution in [0.5, 0.6) is 0 Å². The summed E-state index contributed by atoms with van der Waals surface area (Å²) < 4.78 is 0. The first-order chi connectivity index (χ1) is 8.59. The third kappa shape index (κ3) is 2.71. The molecule has 18 heavy (non-hydrogen) atoms. The molecule has 0 aliphatic rings. The fourth-order valence-electron chi connectivity index (χ4n) is 1.86. The van der Waals surface area contributed by atoms with Crippen molar-refractivity contribution >= 4 is 34.2 Å². The Kier molecular flexibility index (Phi) is 3.99. The third-order valence-corrected chi connectivity index (χ3v) is 4.18. The number of benzene rings is 1. The highest BCUT2D eigenvalue weighted by molar-refractivity contribution is 7.80. The maximum absolute atomic E-state index is 5.76. The average Bonchev–Trinajstić information content (AvgIpc) is 2.73. The van der Waals surface area contributed by atoms with Gasteiger partial charge in [-0.3, -0.25) is 0 Å². The first-order valence-corrected chi connectivity index (χ1v) is 7.04. The lowest BCUT2D eigenvalue weighted by Crippen LogP contribution is -2.14. The molecule has 0 unspecified atom stereocenters. The van der Waals surface area contributed by atoms with Crippen LogP contribution in [0.4, 0.5) is 5.69 Å². The molecule has 0 bridgehead atoms. The van der Waals surface area contributed by atoms with Crippen LogP contribution in [0.25, 0.3) is 0 Å². The predicted molar refractivity (Wildman–Crippen MR) is 83.4 cm³/mol. The second-order valence-corrected chi connectivity index (χ2v) is 5.68. The van der Waals surface area contributed by atoms with Gasteiger partial charge in [0.05, 0.1) is 0 Å². The average molecular weight is 276 g/mol. The van der Waals surface area contributed by atoms with E-state index < -0.39 is 0 Å². The molecule has 2 rings (SSSR count). The molecule has 0 fully saturated rings. The summed E-state index contributed by atoms with van der Waals surface area (Å²) in [6.45, 7) is 5.00. The number of hydrogen-bond acceptors (Lipinski definition) is 3. The van der Waals surface area contributed by atoms with E-state index in [0.29, 0.717) is 4.99 Å². The van der Waals surface area contributed by atoms with Gasteiger partial charge < -0.3 is 11.1 Å². The molecule has 0 spiro atoms. The molecule has 0 atom stereocenters. The Morgan fingerprint density at radius 2 is 2.06 bits per heavy atom. The molecule has 2 nitrogen and oxygen atoms in total. The number of hydrogen-bond donors (Lipinski definition) is 2. The maximum atomic E-state index is 5.76. The Bertz CT molecular complexity index is 573. The van der Waals surface area contributed by atoms with Crippen LogP contribution in [0.2, 0.25) is 0 Å². The quantitative estimate of drug-likeness (QED) is 0.838. The van der Waals surface area contributed by atoms with E-state index in [1.54, 1.807) is 11.3 Å². The summed E-state index contributed by atoms with van der Waals surface area (Å²) in [5.74, 6) is 0. The Hall–Kier alpha value is -1.39. The van der Waals surface area contributed by atoms with Gasteiger partial charge in [0.1, 0.15) is 4.99 Å². The summed E-state index contributed by atoms with van der Waals surface area (Å²) in [5.41, 5.74) is 10.2. The van der Waals surface area contributed by atoms with Crippen molar-refractivity contribution in [1.29, 1.82) is 0 Å². The molecule has 0 saturated carbocycles. The minimum absolute atomic E-state index is 0.434. The molecule has 94 valence electrons. The third-order valence-electron chi connectivity index (χ3n) is 2.93. The van der Waals surface area contributed by atoms with Crippen LogP contribution >= 0.6 is 23.6 Å². The second kappa shape index (κ2) is 5.50. The normalized spacial score (nSPS) is 10.3. The van der Waals surface area contributed by atoms with Gasteiger partial charge in [0.2, 0.25) is 0 Å². The van der Waals surface area contributed by atoms with Crippen molar-refractivity contribution in [3.63, 3.8) is 0 Å². The highest BCUT2D eigenvalue weighted by Crippen LogP contribution is 2.23. The lowest BCUT2D eigenvalue weighted by molar-refractivity contribution is 1.15. The zero-order valence-corrected chi connectivity index (χ0v) is 12.1. The summed E-state index contributed by atoms with van der Waals surface area (Å²) in [6.07, 6.45) is 0. The molecule has 3 N–H and O–H groups in total. The zero-order valence-electron chi connectivity index (χ0n) is 10.5. The summed E-state index contributed by atoms with van der Waals surface area (Å²) in [6, 6.07) is 8.13. The van der Waals surface area contributed by atoms with Crippen molar-refractivity contribution in [1.82, 2.24) is 0 Å². The van der Waals surface area contributed by atoms with Gasteiger partial charge in [-0.2, -0.15) is 0 Å². The van der Waals surface area contributed by atoms with Crippen LogP contribution in [0, 0.1) is 13.8 Å². The van der Waals surface area contributed by atoms with Crippen LogP contribution in [0.3, 0.4) is 0 Å². The van der Waals surface area contributed by atoms with Gasteiger partial charge in [-0.25, -0.2) is 0 Å². The number of nitrogens with two attached hydrogens (primary N) is 1. The van der Waals surface area contributed by atoms with Crippen molar-refractivity contribution in [2.75, 3.05) is 5.32 Å². The van der Waals surface area contributed by atoms with E-state index in [-0.39, 0.29) is 0 Å². The van der Waals surface area contributed by atoms with Gasteiger partial charge in [0.15, 0.2) is 0 Å². The van der Waals surface area contributed by atoms with E-state index in [1.807, 2.05) is 12.1 Å². The number of aryl methyl sites for hydroxylation is 2. The minimum Gasteiger partial charge on any atom is -0.389 e. The summed E-state index contributed by atoms with van der Waals surface area (Å²) in [5, 5.41) is 5.56. The van der Waals surface area contributed by atoms with Crippen LogP contribution in [0.15, 0.2) is 29.6 Å². The fourth-order valence-corrected chi connectivity index (χ4v) is 2.88. The van der Waals surface area contributed by atoms with Crippen LogP contribution < -0.4 is 11.1 Å². The van der Waals surface area contributed by atoms with E-state index in [0.717, 1.165) is 23.4 Å². The topological polar surface area (TPSA) is 38.0 Å². The van der Waals surface area contributed by atoms with Crippen LogP contribution in [0.1, 0.15) is 21.6 Å². The molecule has 0 amide bonds. The molecule has 2 aromatic rings. The molecule has 0 radical (unpaired) electrons. The lowest BCUT2D eigenvalue weighted by Gasteiger charge is -2.13. The number of rotatable bonds is 4. The minimum atomic E-state index is 0.434. The van der Waals surface area contributed by atoms with Gasteiger partial charge in [0.25, 0.3) is 0 Å². The van der Waals surface area contributed by atoms with E-state index >= 15 is 0 Å². The largest absolute Gasteiger partial charge is 0.389 e. The monoisotopic (exact) mass is 276 g/mol. The smallest absolute Gasteiger partial charge is 0.106 e. The van der Waals surface area contributed by atoms with Crippen LogP contribution in [-0.2, 0) is 6.54 Å². The Labute approximate surface area is 117 Å². The Morgan fingerprint density at radius 3 is 2.67 bits per heavy atom. The van der Waals surface area contributed by atoms with E-state index in [1.165, 1.54) is 10.4 Å². The number of thiocarbonyl (C=S) groups is 1. The van der Waals surface area contributed by atoms with Crippen molar-refractivity contribution in [2.24, 2.45) is 5.73 Å². The molecule has 0 aliphatic heterocycles. The molecule has 1 aromatic heterocycles. The number of para-hydroxylation sites is 1. The van der Waals surface area contributed by atoms with Crippen molar-refractivity contribution < 1.29 is 0 Å². The summed E-state index contributed by atoms with van der Waals surface area (Å²) >= 11 is 6.85. The van der Waals surface area contributed by atoms with Crippen molar-refractivity contribution in [2.45, 2.75) is 20.4 Å².